The summed E-state index contributed by atoms with van der Waals surface area (Å²) in [5.74, 6) is 5.10. The van der Waals surface area contributed by atoms with E-state index in [4.69, 9.17) is 10.6 Å². The monoisotopic (exact) mass is 202 g/mol. The number of ether oxygens (including phenoxy) is 1. The highest BCUT2D eigenvalue weighted by molar-refractivity contribution is 7.88. The van der Waals surface area contributed by atoms with Gasteiger partial charge in [0.15, 0.2) is 0 Å². The molecular weight excluding hydrogens is 192 g/mol. The SMILES string of the molecule is COc1ccccc1S(=O)(O)=NN. The van der Waals surface area contributed by atoms with Gasteiger partial charge < -0.3 is 4.74 Å². The Hall–Kier alpha value is -1.11. The summed E-state index contributed by atoms with van der Waals surface area (Å²) in [5, 5.41) is 0. The maximum absolute atomic E-state index is 11.3. The van der Waals surface area contributed by atoms with Crippen molar-refractivity contribution >= 4 is 10.0 Å². The number of benzene rings is 1. The number of rotatable bonds is 2. The van der Waals surface area contributed by atoms with Crippen LogP contribution >= 0.6 is 0 Å². The topological polar surface area (TPSA) is 84.9 Å². The average molecular weight is 202 g/mol. The van der Waals surface area contributed by atoms with Gasteiger partial charge in [0.25, 0.3) is 0 Å². The molecule has 0 saturated heterocycles. The van der Waals surface area contributed by atoms with E-state index in [2.05, 4.69) is 4.47 Å². The molecule has 3 N–H and O–H groups in total. The molecule has 13 heavy (non-hydrogen) atoms. The summed E-state index contributed by atoms with van der Waals surface area (Å²) in [6, 6.07) is 6.31. The van der Waals surface area contributed by atoms with Crippen molar-refractivity contribution in [1.29, 1.82) is 0 Å². The second-order valence-electron chi connectivity index (χ2n) is 2.25. The van der Waals surface area contributed by atoms with Gasteiger partial charge in [0.1, 0.15) is 10.6 Å². The molecule has 0 bridgehead atoms. The smallest absolute Gasteiger partial charge is 0.210 e. The number of hydrogen-bond donors (Lipinski definition) is 2. The first-order valence-electron chi connectivity index (χ1n) is 3.43. The van der Waals surface area contributed by atoms with Gasteiger partial charge in [0, 0.05) is 0 Å². The van der Waals surface area contributed by atoms with Crippen molar-refractivity contribution in [2.45, 2.75) is 4.90 Å². The van der Waals surface area contributed by atoms with Crippen LogP contribution in [0.1, 0.15) is 0 Å². The van der Waals surface area contributed by atoms with Crippen LogP contribution < -0.4 is 10.6 Å². The van der Waals surface area contributed by atoms with Gasteiger partial charge >= 0.3 is 0 Å². The Morgan fingerprint density at radius 3 is 2.69 bits per heavy atom. The molecule has 0 radical (unpaired) electrons. The molecule has 1 aromatic rings. The zero-order valence-corrected chi connectivity index (χ0v) is 7.82. The number of nitrogens with two attached hydrogens (primary N) is 1. The molecule has 0 aliphatic heterocycles. The fourth-order valence-corrected chi connectivity index (χ4v) is 1.68. The van der Waals surface area contributed by atoms with Crippen molar-refractivity contribution in [3.63, 3.8) is 0 Å². The van der Waals surface area contributed by atoms with Crippen molar-refractivity contribution in [3.05, 3.63) is 24.3 Å². The van der Waals surface area contributed by atoms with Crippen molar-refractivity contribution in [1.82, 2.24) is 0 Å². The summed E-state index contributed by atoms with van der Waals surface area (Å²) >= 11 is 0. The molecule has 1 aromatic carbocycles. The van der Waals surface area contributed by atoms with Crippen LogP contribution in [0.25, 0.3) is 0 Å². The first-order valence-corrected chi connectivity index (χ1v) is 4.91. The molecule has 1 rings (SSSR count). The Labute approximate surface area is 76.5 Å². The normalized spacial score (nSPS) is 14.7. The molecule has 0 spiro atoms. The third-order valence-electron chi connectivity index (χ3n) is 1.50. The fraction of sp³-hybridized carbons (Fsp3) is 0.143. The van der Waals surface area contributed by atoms with Crippen LogP contribution in [-0.4, -0.2) is 15.9 Å². The minimum absolute atomic E-state index is 0.0833. The Bertz CT molecular complexity index is 410. The molecule has 1 atom stereocenters. The number of methoxy groups -OCH3 is 1. The van der Waals surface area contributed by atoms with Gasteiger partial charge in [-0.3, -0.25) is 4.55 Å². The van der Waals surface area contributed by atoms with E-state index in [1.807, 2.05) is 0 Å². The Kier molecular flexibility index (Phi) is 2.86. The molecule has 0 aliphatic carbocycles. The minimum atomic E-state index is -3.51. The van der Waals surface area contributed by atoms with Gasteiger partial charge in [-0.25, -0.2) is 10.1 Å². The zero-order chi connectivity index (χ0) is 9.90. The Morgan fingerprint density at radius 1 is 1.54 bits per heavy atom. The predicted molar refractivity (Wildman–Crippen MR) is 48.6 cm³/mol. The molecule has 0 fully saturated rings. The zero-order valence-electron chi connectivity index (χ0n) is 7.01. The van der Waals surface area contributed by atoms with Crippen molar-refractivity contribution in [3.8, 4) is 5.75 Å². The van der Waals surface area contributed by atoms with Gasteiger partial charge in [-0.15, -0.1) is 4.47 Å². The van der Waals surface area contributed by atoms with E-state index in [1.54, 1.807) is 18.2 Å². The van der Waals surface area contributed by atoms with Gasteiger partial charge in [-0.2, -0.15) is 0 Å². The summed E-state index contributed by atoms with van der Waals surface area (Å²) in [6.45, 7) is 0. The molecule has 0 amide bonds. The second kappa shape index (κ2) is 3.73. The summed E-state index contributed by atoms with van der Waals surface area (Å²) in [5.41, 5.74) is 0. The Morgan fingerprint density at radius 2 is 2.15 bits per heavy atom. The minimum Gasteiger partial charge on any atom is -0.495 e. The quantitative estimate of drug-likeness (QED) is 0.550. The Balaban J connectivity index is 3.38. The first-order chi connectivity index (χ1) is 6.11. The summed E-state index contributed by atoms with van der Waals surface area (Å²) < 4.78 is 28.4. The molecular formula is C7H10N2O3S. The number of para-hydroxylation sites is 1. The van der Waals surface area contributed by atoms with Crippen molar-refractivity contribution in [2.75, 3.05) is 7.11 Å². The van der Waals surface area contributed by atoms with Gasteiger partial charge in [-0.05, 0) is 12.1 Å². The van der Waals surface area contributed by atoms with E-state index in [-0.39, 0.29) is 4.90 Å². The van der Waals surface area contributed by atoms with Crippen LogP contribution in [0.2, 0.25) is 0 Å². The summed E-state index contributed by atoms with van der Waals surface area (Å²) in [6.07, 6.45) is 0. The molecule has 72 valence electrons. The summed E-state index contributed by atoms with van der Waals surface area (Å²) in [4.78, 5) is 0.0833. The maximum atomic E-state index is 11.3. The van der Waals surface area contributed by atoms with E-state index in [0.29, 0.717) is 5.75 Å². The molecule has 0 aliphatic rings. The first kappa shape index (κ1) is 9.97. The molecule has 0 saturated carbocycles. The molecule has 0 aromatic heterocycles. The molecule has 6 heteroatoms. The lowest BCUT2D eigenvalue weighted by atomic mass is 10.3. The van der Waals surface area contributed by atoms with Crippen LogP contribution in [0, 0.1) is 0 Å². The average Bonchev–Trinajstić information content (AvgIpc) is 2.18. The van der Waals surface area contributed by atoms with Gasteiger partial charge in [0.2, 0.25) is 10.0 Å². The lowest BCUT2D eigenvalue weighted by Gasteiger charge is -2.06. The van der Waals surface area contributed by atoms with Gasteiger partial charge in [-0.1, -0.05) is 12.1 Å². The number of nitrogens with zero attached hydrogens (tertiary/aromatic N) is 1. The van der Waals surface area contributed by atoms with Crippen LogP contribution in [0.5, 0.6) is 5.75 Å². The third-order valence-corrected chi connectivity index (χ3v) is 2.69. The van der Waals surface area contributed by atoms with Gasteiger partial charge in [0.05, 0.1) is 7.11 Å². The molecule has 5 nitrogen and oxygen atoms in total. The highest BCUT2D eigenvalue weighted by atomic mass is 32.2. The lowest BCUT2D eigenvalue weighted by Crippen LogP contribution is -2.04. The highest BCUT2D eigenvalue weighted by Gasteiger charge is 2.12. The van der Waals surface area contributed by atoms with E-state index in [0.717, 1.165) is 0 Å². The summed E-state index contributed by atoms with van der Waals surface area (Å²) in [7, 11) is -2.11. The fourth-order valence-electron chi connectivity index (χ4n) is 0.895. The van der Waals surface area contributed by atoms with E-state index >= 15 is 0 Å². The number of hydrogen-bond acceptors (Lipinski definition) is 3. The molecule has 1 unspecified atom stereocenters. The standard InChI is InChI=1S/C7H10N2O3S/c1-12-6-4-2-3-5-7(6)13(10,11)9-8/h2-5H,8H2,1H3,(H,9,10,11). The van der Waals surface area contributed by atoms with Crippen molar-refractivity contribution < 1.29 is 13.5 Å². The largest absolute Gasteiger partial charge is 0.495 e. The van der Waals surface area contributed by atoms with Crippen molar-refractivity contribution in [2.24, 2.45) is 10.3 Å². The maximum Gasteiger partial charge on any atom is 0.210 e. The van der Waals surface area contributed by atoms with E-state index < -0.39 is 10.0 Å². The van der Waals surface area contributed by atoms with Crippen LogP contribution in [0.15, 0.2) is 33.6 Å². The second-order valence-corrected chi connectivity index (χ2v) is 3.90. The molecule has 0 heterocycles. The third kappa shape index (κ3) is 1.97. The van der Waals surface area contributed by atoms with E-state index in [1.165, 1.54) is 13.2 Å². The van der Waals surface area contributed by atoms with Crippen LogP contribution in [0.3, 0.4) is 0 Å². The lowest BCUT2D eigenvalue weighted by molar-refractivity contribution is 0.401. The highest BCUT2D eigenvalue weighted by Crippen LogP contribution is 2.23. The predicted octanol–water partition coefficient (Wildman–Crippen LogP) is 0.869. The van der Waals surface area contributed by atoms with E-state index in [9.17, 15) is 8.76 Å². The van der Waals surface area contributed by atoms with Crippen LogP contribution in [-0.2, 0) is 10.0 Å². The van der Waals surface area contributed by atoms with Crippen LogP contribution in [0.4, 0.5) is 0 Å².